The van der Waals surface area contributed by atoms with E-state index in [-0.39, 0.29) is 0 Å². The Morgan fingerprint density at radius 2 is 2.00 bits per heavy atom. The summed E-state index contributed by atoms with van der Waals surface area (Å²) >= 11 is 0. The molecule has 0 fully saturated rings. The van der Waals surface area contributed by atoms with Crippen molar-refractivity contribution in [3.63, 3.8) is 0 Å². The second-order valence-corrected chi connectivity index (χ2v) is 4.08. The van der Waals surface area contributed by atoms with Gasteiger partial charge in [0.2, 0.25) is 11.8 Å². The second kappa shape index (κ2) is 7.84. The topological polar surface area (TPSA) is 73.1 Å². The fourth-order valence-electron chi connectivity index (χ4n) is 1.56. The van der Waals surface area contributed by atoms with Crippen molar-refractivity contribution < 1.29 is 4.74 Å². The number of aromatic nitrogens is 2. The molecule has 1 heterocycles. The first-order valence-electron chi connectivity index (χ1n) is 6.21. The van der Waals surface area contributed by atoms with Crippen molar-refractivity contribution in [2.24, 2.45) is 5.84 Å². The SMILES string of the molecule is CCCCCCCOc1cc(C)nc(NN)n1. The summed E-state index contributed by atoms with van der Waals surface area (Å²) in [5.41, 5.74) is 3.27. The number of nitrogens with one attached hydrogen (secondary N) is 1. The number of aryl methyl sites for hydroxylation is 1. The van der Waals surface area contributed by atoms with Crippen LogP contribution in [0.2, 0.25) is 0 Å². The fourth-order valence-corrected chi connectivity index (χ4v) is 1.56. The van der Waals surface area contributed by atoms with Crippen LogP contribution in [0.25, 0.3) is 0 Å². The average molecular weight is 238 g/mol. The molecule has 0 unspecified atom stereocenters. The van der Waals surface area contributed by atoms with E-state index in [0.717, 1.165) is 12.1 Å². The molecule has 0 atom stereocenters. The molecule has 3 N–H and O–H groups in total. The Balaban J connectivity index is 2.28. The highest BCUT2D eigenvalue weighted by molar-refractivity contribution is 5.28. The third-order valence-corrected chi connectivity index (χ3v) is 2.46. The van der Waals surface area contributed by atoms with E-state index in [9.17, 15) is 0 Å². The Hall–Kier alpha value is -1.36. The first-order valence-corrected chi connectivity index (χ1v) is 6.21. The molecule has 0 radical (unpaired) electrons. The van der Waals surface area contributed by atoms with Gasteiger partial charge in [-0.3, -0.25) is 5.43 Å². The molecule has 0 saturated carbocycles. The van der Waals surface area contributed by atoms with Gasteiger partial charge in [-0.25, -0.2) is 10.8 Å². The minimum absolute atomic E-state index is 0.394. The van der Waals surface area contributed by atoms with Crippen molar-refractivity contribution in [2.75, 3.05) is 12.0 Å². The van der Waals surface area contributed by atoms with Gasteiger partial charge in [-0.2, -0.15) is 4.98 Å². The molecule has 0 saturated heterocycles. The van der Waals surface area contributed by atoms with Crippen LogP contribution in [-0.4, -0.2) is 16.6 Å². The van der Waals surface area contributed by atoms with E-state index >= 15 is 0 Å². The van der Waals surface area contributed by atoms with Gasteiger partial charge < -0.3 is 4.74 Å². The quantitative estimate of drug-likeness (QED) is 0.413. The number of nitrogens with zero attached hydrogens (tertiary/aromatic N) is 2. The number of hydrazine groups is 1. The first-order chi connectivity index (χ1) is 8.26. The molecule has 5 nitrogen and oxygen atoms in total. The Morgan fingerprint density at radius 1 is 1.24 bits per heavy atom. The normalized spacial score (nSPS) is 10.3. The smallest absolute Gasteiger partial charge is 0.240 e. The van der Waals surface area contributed by atoms with E-state index < -0.39 is 0 Å². The summed E-state index contributed by atoms with van der Waals surface area (Å²) in [5.74, 6) is 6.25. The van der Waals surface area contributed by atoms with E-state index in [0.29, 0.717) is 18.4 Å². The number of anilines is 1. The van der Waals surface area contributed by atoms with Crippen LogP contribution in [0, 0.1) is 6.92 Å². The lowest BCUT2D eigenvalue weighted by molar-refractivity contribution is 0.293. The van der Waals surface area contributed by atoms with Crippen LogP contribution in [0.15, 0.2) is 6.07 Å². The summed E-state index contributed by atoms with van der Waals surface area (Å²) in [6, 6.07) is 1.81. The number of ether oxygens (including phenoxy) is 1. The van der Waals surface area contributed by atoms with E-state index in [1.54, 1.807) is 0 Å². The zero-order chi connectivity index (χ0) is 12.5. The van der Waals surface area contributed by atoms with Crippen molar-refractivity contribution in [1.29, 1.82) is 0 Å². The highest BCUT2D eigenvalue weighted by atomic mass is 16.5. The molecule has 1 aromatic rings. The minimum atomic E-state index is 0.394. The van der Waals surface area contributed by atoms with Crippen LogP contribution in [0.3, 0.4) is 0 Å². The van der Waals surface area contributed by atoms with Gasteiger partial charge in [-0.1, -0.05) is 32.6 Å². The standard InChI is InChI=1S/C12H22N4O/c1-3-4-5-6-7-8-17-11-9-10(2)14-12(15-11)16-13/h9H,3-8,13H2,1-2H3,(H,14,15,16). The van der Waals surface area contributed by atoms with Crippen molar-refractivity contribution in [3.05, 3.63) is 11.8 Å². The van der Waals surface area contributed by atoms with Crippen molar-refractivity contribution in [2.45, 2.75) is 46.0 Å². The van der Waals surface area contributed by atoms with E-state index in [1.807, 2.05) is 13.0 Å². The predicted octanol–water partition coefficient (Wildman–Crippen LogP) is 2.42. The van der Waals surface area contributed by atoms with Gasteiger partial charge in [0.25, 0.3) is 0 Å². The van der Waals surface area contributed by atoms with Crippen molar-refractivity contribution >= 4 is 5.95 Å². The number of rotatable bonds is 8. The van der Waals surface area contributed by atoms with Gasteiger partial charge in [0.05, 0.1) is 6.61 Å². The third kappa shape index (κ3) is 5.49. The summed E-state index contributed by atoms with van der Waals surface area (Å²) in [6.45, 7) is 4.79. The summed E-state index contributed by atoms with van der Waals surface area (Å²) in [7, 11) is 0. The lowest BCUT2D eigenvalue weighted by atomic mass is 10.2. The molecule has 1 aromatic heterocycles. The summed E-state index contributed by atoms with van der Waals surface area (Å²) in [6.07, 6.45) is 6.11. The molecule has 5 heteroatoms. The zero-order valence-electron chi connectivity index (χ0n) is 10.7. The summed E-state index contributed by atoms with van der Waals surface area (Å²) in [4.78, 5) is 8.21. The Morgan fingerprint density at radius 3 is 2.71 bits per heavy atom. The van der Waals surface area contributed by atoms with Gasteiger partial charge in [0, 0.05) is 11.8 Å². The Bertz CT molecular complexity index is 330. The molecule has 0 aliphatic carbocycles. The number of unbranched alkanes of at least 4 members (excludes halogenated alkanes) is 4. The van der Waals surface area contributed by atoms with E-state index in [1.165, 1.54) is 25.7 Å². The fraction of sp³-hybridized carbons (Fsp3) is 0.667. The maximum Gasteiger partial charge on any atom is 0.240 e. The van der Waals surface area contributed by atoms with E-state index in [4.69, 9.17) is 10.6 Å². The monoisotopic (exact) mass is 238 g/mol. The lowest BCUT2D eigenvalue weighted by Crippen LogP contribution is -2.12. The molecule has 0 amide bonds. The van der Waals surface area contributed by atoms with Crippen LogP contribution in [0.4, 0.5) is 5.95 Å². The van der Waals surface area contributed by atoms with Gasteiger partial charge >= 0.3 is 0 Å². The number of nitrogens with two attached hydrogens (primary N) is 1. The molecular formula is C12H22N4O. The van der Waals surface area contributed by atoms with Crippen molar-refractivity contribution in [1.82, 2.24) is 9.97 Å². The molecule has 0 aliphatic heterocycles. The van der Waals surface area contributed by atoms with Gasteiger partial charge in [0.15, 0.2) is 0 Å². The zero-order valence-corrected chi connectivity index (χ0v) is 10.7. The van der Waals surface area contributed by atoms with Crippen molar-refractivity contribution in [3.8, 4) is 5.88 Å². The molecule has 0 aromatic carbocycles. The number of hydrogen-bond donors (Lipinski definition) is 2. The lowest BCUT2D eigenvalue weighted by Gasteiger charge is -2.07. The largest absolute Gasteiger partial charge is 0.478 e. The molecule has 96 valence electrons. The van der Waals surface area contributed by atoms with Crippen LogP contribution in [0.1, 0.15) is 44.7 Å². The number of nitrogen functional groups attached to an aromatic ring is 1. The first kappa shape index (κ1) is 13.7. The maximum absolute atomic E-state index is 5.56. The molecule has 0 bridgehead atoms. The molecule has 17 heavy (non-hydrogen) atoms. The van der Waals surface area contributed by atoms with Crippen LogP contribution >= 0.6 is 0 Å². The van der Waals surface area contributed by atoms with Crippen LogP contribution < -0.4 is 16.0 Å². The summed E-state index contributed by atoms with van der Waals surface area (Å²) in [5, 5.41) is 0. The number of hydrogen-bond acceptors (Lipinski definition) is 5. The maximum atomic E-state index is 5.56. The van der Waals surface area contributed by atoms with Gasteiger partial charge in [-0.05, 0) is 13.3 Å². The minimum Gasteiger partial charge on any atom is -0.478 e. The van der Waals surface area contributed by atoms with Crippen LogP contribution in [-0.2, 0) is 0 Å². The highest BCUT2D eigenvalue weighted by Gasteiger charge is 2.01. The van der Waals surface area contributed by atoms with Gasteiger partial charge in [-0.15, -0.1) is 0 Å². The predicted molar refractivity (Wildman–Crippen MR) is 68.8 cm³/mol. The Kier molecular flexibility index (Phi) is 6.32. The molecule has 0 spiro atoms. The molecule has 0 aliphatic rings. The summed E-state index contributed by atoms with van der Waals surface area (Å²) < 4.78 is 5.56. The average Bonchev–Trinajstić information content (AvgIpc) is 2.33. The van der Waals surface area contributed by atoms with E-state index in [2.05, 4.69) is 22.3 Å². The highest BCUT2D eigenvalue weighted by Crippen LogP contribution is 2.12. The Labute approximate surface area is 103 Å². The molecular weight excluding hydrogens is 216 g/mol. The van der Waals surface area contributed by atoms with Gasteiger partial charge in [0.1, 0.15) is 0 Å². The second-order valence-electron chi connectivity index (χ2n) is 4.08. The third-order valence-electron chi connectivity index (χ3n) is 2.46. The van der Waals surface area contributed by atoms with Crippen LogP contribution in [0.5, 0.6) is 5.88 Å². The molecule has 1 rings (SSSR count).